The van der Waals surface area contributed by atoms with E-state index in [0.29, 0.717) is 29.7 Å². The van der Waals surface area contributed by atoms with Crippen LogP contribution in [-0.2, 0) is 13.1 Å². The van der Waals surface area contributed by atoms with Crippen LogP contribution in [0.3, 0.4) is 0 Å². The smallest absolute Gasteiger partial charge is 0.146 e. The fraction of sp³-hybridized carbons (Fsp3) is 0.190. The molecular weight excluding hydrogens is 360 g/mol. The number of imidazole rings is 2. The third-order valence-corrected chi connectivity index (χ3v) is 4.81. The molecule has 28 heavy (non-hydrogen) atoms. The number of nitriles is 1. The molecule has 0 radical (unpaired) electrons. The Bertz CT molecular complexity index is 1230. The minimum Gasteiger partial charge on any atom is -0.327 e. The molecule has 0 saturated carbocycles. The molecule has 0 fully saturated rings. The van der Waals surface area contributed by atoms with Crippen molar-refractivity contribution in [3.8, 4) is 17.5 Å². The van der Waals surface area contributed by atoms with E-state index in [2.05, 4.69) is 16.0 Å². The van der Waals surface area contributed by atoms with E-state index in [9.17, 15) is 8.78 Å². The molecule has 2 heterocycles. The van der Waals surface area contributed by atoms with E-state index in [1.54, 1.807) is 29.8 Å². The minimum atomic E-state index is -0.654. The Balaban J connectivity index is 1.82. The van der Waals surface area contributed by atoms with Crippen molar-refractivity contribution in [2.45, 2.75) is 26.9 Å². The van der Waals surface area contributed by atoms with E-state index in [1.807, 2.05) is 17.6 Å². The van der Waals surface area contributed by atoms with Crippen LogP contribution in [0.5, 0.6) is 0 Å². The van der Waals surface area contributed by atoms with Crippen LogP contribution in [0.1, 0.15) is 23.9 Å². The summed E-state index contributed by atoms with van der Waals surface area (Å²) in [4.78, 5) is 8.82. The van der Waals surface area contributed by atoms with Gasteiger partial charge in [0.25, 0.3) is 0 Å². The third-order valence-electron chi connectivity index (χ3n) is 4.81. The number of fused-ring (bicyclic) bond motifs is 1. The highest BCUT2D eigenvalue weighted by Crippen LogP contribution is 2.28. The molecule has 7 heteroatoms. The summed E-state index contributed by atoms with van der Waals surface area (Å²) < 4.78 is 32.7. The molecule has 0 atom stereocenters. The van der Waals surface area contributed by atoms with Crippen LogP contribution in [0.2, 0.25) is 0 Å². The third kappa shape index (κ3) is 2.83. The van der Waals surface area contributed by atoms with Gasteiger partial charge < -0.3 is 9.13 Å². The van der Waals surface area contributed by atoms with Gasteiger partial charge in [0.2, 0.25) is 0 Å². The summed E-state index contributed by atoms with van der Waals surface area (Å²) in [6.45, 7) is 4.56. The van der Waals surface area contributed by atoms with E-state index < -0.39 is 11.6 Å². The van der Waals surface area contributed by atoms with Crippen molar-refractivity contribution >= 4 is 11.0 Å². The number of benzene rings is 2. The summed E-state index contributed by atoms with van der Waals surface area (Å²) in [5, 5.41) is 9.11. The zero-order valence-electron chi connectivity index (χ0n) is 15.4. The topological polar surface area (TPSA) is 59.4 Å². The lowest BCUT2D eigenvalue weighted by molar-refractivity contribution is 0.577. The van der Waals surface area contributed by atoms with Crippen molar-refractivity contribution in [2.75, 3.05) is 0 Å². The molecule has 4 rings (SSSR count). The highest BCUT2D eigenvalue weighted by Gasteiger charge is 2.19. The summed E-state index contributed by atoms with van der Waals surface area (Å²) >= 11 is 0. The Kier molecular flexibility index (Phi) is 4.40. The van der Waals surface area contributed by atoms with Crippen LogP contribution in [0.25, 0.3) is 22.4 Å². The normalized spacial score (nSPS) is 11.1. The van der Waals surface area contributed by atoms with Gasteiger partial charge in [-0.1, -0.05) is 6.07 Å². The number of halogens is 2. The number of hydrogen-bond donors (Lipinski definition) is 0. The lowest BCUT2D eigenvalue weighted by Crippen LogP contribution is -2.09. The molecule has 0 N–H and O–H groups in total. The lowest BCUT2D eigenvalue weighted by atomic mass is 10.1. The summed E-state index contributed by atoms with van der Waals surface area (Å²) in [5.74, 6) is -0.334. The molecule has 140 valence electrons. The summed E-state index contributed by atoms with van der Waals surface area (Å²) in [6.07, 6.45) is 3.19. The quantitative estimate of drug-likeness (QED) is 0.529. The van der Waals surface area contributed by atoms with Gasteiger partial charge in [0.1, 0.15) is 23.3 Å². The van der Waals surface area contributed by atoms with Crippen molar-refractivity contribution in [3.63, 3.8) is 0 Å². The average Bonchev–Trinajstić information content (AvgIpc) is 3.28. The number of rotatable bonds is 4. The molecule has 0 unspecified atom stereocenters. The second-order valence-corrected chi connectivity index (χ2v) is 6.52. The van der Waals surface area contributed by atoms with E-state index in [0.717, 1.165) is 11.3 Å². The van der Waals surface area contributed by atoms with E-state index >= 15 is 0 Å². The number of aryl methyl sites for hydroxylation is 2. The minimum absolute atomic E-state index is 0.143. The van der Waals surface area contributed by atoms with E-state index in [-0.39, 0.29) is 11.4 Å². The Morgan fingerprint density at radius 3 is 2.75 bits per heavy atom. The molecule has 4 aromatic rings. The highest BCUT2D eigenvalue weighted by molar-refractivity contribution is 5.77. The summed E-state index contributed by atoms with van der Waals surface area (Å²) in [6, 6.07) is 10.1. The molecule has 5 nitrogen and oxygen atoms in total. The largest absolute Gasteiger partial charge is 0.327 e. The first-order chi connectivity index (χ1) is 13.5. The molecule has 0 saturated heterocycles. The Hall–Kier alpha value is -3.53. The van der Waals surface area contributed by atoms with Gasteiger partial charge in [0, 0.05) is 18.9 Å². The van der Waals surface area contributed by atoms with Crippen LogP contribution in [0, 0.1) is 29.9 Å². The number of aromatic nitrogens is 4. The zero-order valence-corrected chi connectivity index (χ0v) is 15.4. The van der Waals surface area contributed by atoms with Crippen LogP contribution < -0.4 is 0 Å². The Labute approximate surface area is 160 Å². The number of nitrogens with zero attached hydrogens (tertiary/aromatic N) is 5. The first-order valence-corrected chi connectivity index (χ1v) is 8.88. The van der Waals surface area contributed by atoms with E-state index in [4.69, 9.17) is 5.26 Å². The summed E-state index contributed by atoms with van der Waals surface area (Å²) in [5.41, 5.74) is 2.37. The van der Waals surface area contributed by atoms with Crippen molar-refractivity contribution in [3.05, 3.63) is 71.3 Å². The van der Waals surface area contributed by atoms with Gasteiger partial charge in [-0.15, -0.1) is 0 Å². The maximum Gasteiger partial charge on any atom is 0.146 e. The molecule has 2 aromatic carbocycles. The van der Waals surface area contributed by atoms with Crippen molar-refractivity contribution in [2.24, 2.45) is 0 Å². The van der Waals surface area contributed by atoms with Gasteiger partial charge in [-0.25, -0.2) is 18.7 Å². The van der Waals surface area contributed by atoms with Crippen molar-refractivity contribution in [1.29, 1.82) is 5.26 Å². The first kappa shape index (κ1) is 17.9. The monoisotopic (exact) mass is 377 g/mol. The van der Waals surface area contributed by atoms with Gasteiger partial charge >= 0.3 is 0 Å². The van der Waals surface area contributed by atoms with Gasteiger partial charge in [-0.2, -0.15) is 5.26 Å². The van der Waals surface area contributed by atoms with Crippen LogP contribution in [0.15, 0.2) is 42.7 Å². The lowest BCUT2D eigenvalue weighted by Gasteiger charge is -2.12. The molecule has 0 bridgehead atoms. The SMILES string of the molecule is CCn1c(Cn2ccnc2-c2c(F)ccc(C)c2F)nc2cc(C#N)ccc21. The molecule has 0 aliphatic carbocycles. The molecule has 0 aliphatic rings. The van der Waals surface area contributed by atoms with Crippen LogP contribution in [0.4, 0.5) is 8.78 Å². The van der Waals surface area contributed by atoms with Crippen molar-refractivity contribution in [1.82, 2.24) is 19.1 Å². The highest BCUT2D eigenvalue weighted by atomic mass is 19.1. The maximum atomic E-state index is 14.6. The summed E-state index contributed by atoms with van der Waals surface area (Å²) in [7, 11) is 0. The standard InChI is InChI=1S/C21H17F2N5/c1-3-28-17-7-5-14(11-24)10-16(17)26-18(28)12-27-9-8-25-21(27)19-15(22)6-4-13(2)20(19)23/h4-10H,3,12H2,1-2H3. The molecule has 2 aromatic heterocycles. The molecular formula is C21H17F2N5. The second kappa shape index (κ2) is 6.89. The van der Waals surface area contributed by atoms with Crippen LogP contribution in [-0.4, -0.2) is 19.1 Å². The molecule has 0 aliphatic heterocycles. The predicted octanol–water partition coefficient (Wildman–Crippen LogP) is 4.43. The second-order valence-electron chi connectivity index (χ2n) is 6.52. The van der Waals surface area contributed by atoms with Crippen LogP contribution >= 0.6 is 0 Å². The molecule has 0 amide bonds. The van der Waals surface area contributed by atoms with Crippen molar-refractivity contribution < 1.29 is 8.78 Å². The maximum absolute atomic E-state index is 14.6. The van der Waals surface area contributed by atoms with Gasteiger partial charge in [-0.3, -0.25) is 0 Å². The predicted molar refractivity (Wildman–Crippen MR) is 102 cm³/mol. The fourth-order valence-corrected chi connectivity index (χ4v) is 3.40. The van der Waals surface area contributed by atoms with Gasteiger partial charge in [0.15, 0.2) is 0 Å². The Morgan fingerprint density at radius 1 is 1.18 bits per heavy atom. The van der Waals surface area contributed by atoms with Gasteiger partial charge in [-0.05, 0) is 43.7 Å². The first-order valence-electron chi connectivity index (χ1n) is 8.88. The zero-order chi connectivity index (χ0) is 19.8. The van der Waals surface area contributed by atoms with Gasteiger partial charge in [0.05, 0.1) is 34.8 Å². The Morgan fingerprint density at radius 2 is 2.00 bits per heavy atom. The number of hydrogen-bond acceptors (Lipinski definition) is 3. The molecule has 0 spiro atoms. The van der Waals surface area contributed by atoms with E-state index in [1.165, 1.54) is 18.3 Å². The fourth-order valence-electron chi connectivity index (χ4n) is 3.40. The average molecular weight is 377 g/mol.